The summed E-state index contributed by atoms with van der Waals surface area (Å²) in [7, 11) is 0. The number of halogens is 7. The fraction of sp³-hybridized carbons (Fsp3) is 1.00. The third-order valence-corrected chi connectivity index (χ3v) is 4.80. The normalized spacial score (nSPS) is 36.4. The van der Waals surface area contributed by atoms with Crippen molar-refractivity contribution in [3.63, 3.8) is 0 Å². The molecule has 3 heterocycles. The summed E-state index contributed by atoms with van der Waals surface area (Å²) in [6, 6.07) is 0. The Kier molecular flexibility index (Phi) is 7.71. The molecule has 2 unspecified atom stereocenters. The molecule has 0 aliphatic carbocycles. The maximum Gasteiger partial charge on any atom is 0.440 e. The Morgan fingerprint density at radius 2 is 1.10 bits per heavy atom. The minimum absolute atomic E-state index is 0.0812. The van der Waals surface area contributed by atoms with Gasteiger partial charge in [-0.3, -0.25) is 0 Å². The third-order valence-electron chi connectivity index (χ3n) is 4.80. The summed E-state index contributed by atoms with van der Waals surface area (Å²) in [5.74, 6) is 0.149. The van der Waals surface area contributed by atoms with E-state index in [9.17, 15) is 30.7 Å². The summed E-state index contributed by atoms with van der Waals surface area (Å²) in [6.07, 6.45) is -21.1. The van der Waals surface area contributed by atoms with Gasteiger partial charge in [0.05, 0.1) is 26.4 Å². The van der Waals surface area contributed by atoms with Crippen LogP contribution in [0.4, 0.5) is 30.7 Å². The van der Waals surface area contributed by atoms with E-state index < -0.39 is 75.7 Å². The van der Waals surface area contributed by atoms with Gasteiger partial charge in [0.25, 0.3) is 12.6 Å². The third kappa shape index (κ3) is 6.62. The van der Waals surface area contributed by atoms with Gasteiger partial charge in [-0.1, -0.05) is 6.92 Å². The van der Waals surface area contributed by atoms with Crippen molar-refractivity contribution < 1.29 is 63.9 Å². The van der Waals surface area contributed by atoms with Gasteiger partial charge in [-0.2, -0.15) is 30.7 Å². The zero-order valence-corrected chi connectivity index (χ0v) is 16.4. The fourth-order valence-electron chi connectivity index (χ4n) is 3.21. The quantitative estimate of drug-likeness (QED) is 0.551. The Morgan fingerprint density at radius 1 is 0.613 bits per heavy atom. The lowest BCUT2D eigenvalue weighted by Crippen LogP contribution is -2.54. The van der Waals surface area contributed by atoms with Gasteiger partial charge in [-0.05, 0) is 18.8 Å². The molecule has 0 N–H and O–H groups in total. The number of hydrogen-bond donors (Lipinski definition) is 0. The highest BCUT2D eigenvalue weighted by atomic mass is 19.4. The average molecular weight is 472 g/mol. The van der Waals surface area contributed by atoms with Crippen LogP contribution in [0.3, 0.4) is 0 Å². The van der Waals surface area contributed by atoms with Crippen LogP contribution in [-0.4, -0.2) is 82.3 Å². The second kappa shape index (κ2) is 9.61. The molecule has 7 nitrogen and oxygen atoms in total. The first-order chi connectivity index (χ1) is 14.4. The van der Waals surface area contributed by atoms with Crippen LogP contribution in [0.1, 0.15) is 19.8 Å². The Hall–Kier alpha value is -0.770. The van der Waals surface area contributed by atoms with E-state index in [1.54, 1.807) is 0 Å². The first-order valence-corrected chi connectivity index (χ1v) is 9.63. The van der Waals surface area contributed by atoms with Crippen LogP contribution in [0.5, 0.6) is 0 Å². The molecule has 31 heavy (non-hydrogen) atoms. The molecule has 14 heteroatoms. The highest BCUT2D eigenvalue weighted by molar-refractivity contribution is 4.78. The summed E-state index contributed by atoms with van der Waals surface area (Å²) < 4.78 is 127. The van der Waals surface area contributed by atoms with Crippen LogP contribution >= 0.6 is 0 Å². The van der Waals surface area contributed by atoms with Gasteiger partial charge in [0.2, 0.25) is 0 Å². The molecule has 0 radical (unpaired) electrons. The summed E-state index contributed by atoms with van der Waals surface area (Å²) >= 11 is 0. The topological polar surface area (TPSA) is 64.6 Å². The second-order valence-electron chi connectivity index (χ2n) is 7.65. The van der Waals surface area contributed by atoms with Crippen molar-refractivity contribution >= 4 is 0 Å². The molecule has 2 atom stereocenters. The van der Waals surface area contributed by atoms with E-state index in [2.05, 4.69) is 18.9 Å². The van der Waals surface area contributed by atoms with Crippen LogP contribution in [0.2, 0.25) is 0 Å². The van der Waals surface area contributed by atoms with Crippen molar-refractivity contribution in [3.05, 3.63) is 0 Å². The predicted octanol–water partition coefficient (Wildman–Crippen LogP) is 3.07. The maximum atomic E-state index is 14.2. The van der Waals surface area contributed by atoms with Crippen LogP contribution in [0.15, 0.2) is 0 Å². The van der Waals surface area contributed by atoms with Crippen LogP contribution in [0, 0.1) is 5.92 Å². The van der Waals surface area contributed by atoms with Crippen LogP contribution < -0.4 is 0 Å². The largest absolute Gasteiger partial charge is 0.440 e. The monoisotopic (exact) mass is 472 g/mol. The van der Waals surface area contributed by atoms with Crippen molar-refractivity contribution in [2.75, 3.05) is 33.0 Å². The van der Waals surface area contributed by atoms with E-state index >= 15 is 0 Å². The smallest absolute Gasteiger partial charge is 0.369 e. The molecule has 3 saturated heterocycles. The second-order valence-corrected chi connectivity index (χ2v) is 7.65. The van der Waals surface area contributed by atoms with Crippen molar-refractivity contribution in [2.45, 2.75) is 69.1 Å². The molecule has 0 bridgehead atoms. The van der Waals surface area contributed by atoms with Crippen molar-refractivity contribution in [3.8, 4) is 0 Å². The van der Waals surface area contributed by atoms with Gasteiger partial charge in [-0.15, -0.1) is 0 Å². The van der Waals surface area contributed by atoms with Gasteiger partial charge in [0.15, 0.2) is 0 Å². The molecule has 3 aliphatic rings. The first kappa shape index (κ1) is 24.9. The van der Waals surface area contributed by atoms with Gasteiger partial charge in [0, 0.05) is 6.61 Å². The Morgan fingerprint density at radius 3 is 1.55 bits per heavy atom. The summed E-state index contributed by atoms with van der Waals surface area (Å²) in [6.45, 7) is -0.868. The molecular formula is C17H23F7O7. The lowest BCUT2D eigenvalue weighted by atomic mass is 10.00. The van der Waals surface area contributed by atoms with Crippen molar-refractivity contribution in [1.82, 2.24) is 0 Å². The van der Waals surface area contributed by atoms with Crippen LogP contribution in [0.25, 0.3) is 0 Å². The number of ether oxygens (including phenoxy) is 7. The lowest BCUT2D eigenvalue weighted by molar-refractivity contribution is -0.421. The van der Waals surface area contributed by atoms with Crippen LogP contribution in [-0.2, 0) is 33.2 Å². The van der Waals surface area contributed by atoms with E-state index in [-0.39, 0.29) is 18.9 Å². The zero-order valence-electron chi connectivity index (χ0n) is 16.4. The van der Waals surface area contributed by atoms with E-state index in [1.807, 2.05) is 6.92 Å². The van der Waals surface area contributed by atoms with E-state index in [0.29, 0.717) is 6.42 Å². The van der Waals surface area contributed by atoms with E-state index in [4.69, 9.17) is 14.2 Å². The molecule has 0 amide bonds. The summed E-state index contributed by atoms with van der Waals surface area (Å²) in [5.41, 5.74) is 0. The average Bonchev–Trinajstić information content (AvgIpc) is 2.68. The molecule has 0 aromatic rings. The van der Waals surface area contributed by atoms with Gasteiger partial charge >= 0.3 is 18.4 Å². The Balaban J connectivity index is 1.43. The number of hydrogen-bond acceptors (Lipinski definition) is 7. The Bertz CT molecular complexity index is 568. The minimum atomic E-state index is -4.80. The number of alkyl halides is 7. The standard InChI is InChI=1S/C17H23F7O7/c1-9-2-3-12(25-4-9)16(21,22)30-10-7-28-14(29-8-10)17(23,24)31-11-5-26-13(27-6-11)15(18,19)20/h9-14H,2-8H2,1H3. The fourth-order valence-corrected chi connectivity index (χ4v) is 3.21. The molecule has 182 valence electrons. The van der Waals surface area contributed by atoms with E-state index in [0.717, 1.165) is 0 Å². The van der Waals surface area contributed by atoms with Crippen molar-refractivity contribution in [1.29, 1.82) is 0 Å². The molecule has 0 aromatic carbocycles. The Labute approximate surface area is 173 Å². The lowest BCUT2D eigenvalue weighted by Gasteiger charge is -2.38. The molecule has 0 aromatic heterocycles. The van der Waals surface area contributed by atoms with E-state index in [1.165, 1.54) is 0 Å². The molecular weight excluding hydrogens is 449 g/mol. The number of rotatable bonds is 6. The van der Waals surface area contributed by atoms with Gasteiger partial charge in [-0.25, -0.2) is 0 Å². The summed E-state index contributed by atoms with van der Waals surface area (Å²) in [5, 5.41) is 0. The summed E-state index contributed by atoms with van der Waals surface area (Å²) in [4.78, 5) is 0. The van der Waals surface area contributed by atoms with Crippen molar-refractivity contribution in [2.24, 2.45) is 5.92 Å². The molecule has 0 spiro atoms. The molecule has 3 fully saturated rings. The SMILES string of the molecule is CC1CCC(C(F)(F)OC2COC(C(F)(F)OC3COC(C(F)(F)F)OC3)OC2)OC1. The first-order valence-electron chi connectivity index (χ1n) is 9.63. The predicted molar refractivity (Wildman–Crippen MR) is 85.2 cm³/mol. The zero-order chi connectivity index (χ0) is 22.9. The van der Waals surface area contributed by atoms with Gasteiger partial charge < -0.3 is 33.2 Å². The molecule has 3 rings (SSSR count). The highest BCUT2D eigenvalue weighted by Crippen LogP contribution is 2.35. The minimum Gasteiger partial charge on any atom is -0.369 e. The molecule has 0 saturated carbocycles. The highest BCUT2D eigenvalue weighted by Gasteiger charge is 2.52. The molecule has 3 aliphatic heterocycles. The van der Waals surface area contributed by atoms with Gasteiger partial charge in [0.1, 0.15) is 18.3 Å². The maximum absolute atomic E-state index is 14.2.